The van der Waals surface area contributed by atoms with E-state index in [4.69, 9.17) is 0 Å². The van der Waals surface area contributed by atoms with Gasteiger partial charge in [0.2, 0.25) is 0 Å². The van der Waals surface area contributed by atoms with Gasteiger partial charge in [0.25, 0.3) is 0 Å². The van der Waals surface area contributed by atoms with E-state index in [0.717, 1.165) is 11.8 Å². The van der Waals surface area contributed by atoms with Crippen LogP contribution in [0.4, 0.5) is 0 Å². The van der Waals surface area contributed by atoms with Crippen LogP contribution in [0.3, 0.4) is 0 Å². The third kappa shape index (κ3) is 3.34. The van der Waals surface area contributed by atoms with Crippen LogP contribution >= 0.6 is 15.9 Å². The highest BCUT2D eigenvalue weighted by Crippen LogP contribution is 2.37. The van der Waals surface area contributed by atoms with Gasteiger partial charge in [-0.05, 0) is 47.7 Å². The van der Waals surface area contributed by atoms with Crippen LogP contribution in [0.15, 0.2) is 48.5 Å². The minimum Gasteiger partial charge on any atom is -0.508 e. The van der Waals surface area contributed by atoms with Crippen molar-refractivity contribution in [2.24, 2.45) is 0 Å². The van der Waals surface area contributed by atoms with Crippen LogP contribution in [-0.2, 0) is 0 Å². The molecule has 0 amide bonds. The first-order chi connectivity index (χ1) is 9.65. The Morgan fingerprint density at radius 2 is 1.20 bits per heavy atom. The number of alkyl halides is 1. The smallest absolute Gasteiger partial charge is 0.115 e. The minimum absolute atomic E-state index is 0.291. The van der Waals surface area contributed by atoms with Crippen molar-refractivity contribution in [3.05, 3.63) is 59.7 Å². The number of phenols is 2. The van der Waals surface area contributed by atoms with Gasteiger partial charge in [0.05, 0.1) is 0 Å². The van der Waals surface area contributed by atoms with E-state index in [-0.39, 0.29) is 0 Å². The van der Waals surface area contributed by atoms with Crippen molar-refractivity contribution in [1.82, 2.24) is 0 Å². The molecule has 0 aliphatic carbocycles. The Kier molecular flexibility index (Phi) is 5.07. The molecular formula is C17H19BrO2. The Morgan fingerprint density at radius 3 is 1.55 bits per heavy atom. The molecule has 2 aromatic carbocycles. The second kappa shape index (κ2) is 6.80. The molecule has 0 radical (unpaired) electrons. The number of benzene rings is 2. The Morgan fingerprint density at radius 1 is 0.800 bits per heavy atom. The van der Waals surface area contributed by atoms with Gasteiger partial charge in [0.15, 0.2) is 0 Å². The SMILES string of the molecule is CC[C@H](c1ccc(O)cc1)[C@@H](CBr)c1ccc(O)cc1. The average Bonchev–Trinajstić information content (AvgIpc) is 2.47. The quantitative estimate of drug-likeness (QED) is 0.773. The van der Waals surface area contributed by atoms with Gasteiger partial charge >= 0.3 is 0 Å². The summed E-state index contributed by atoms with van der Waals surface area (Å²) in [6, 6.07) is 14.9. The number of aromatic hydroxyl groups is 2. The fourth-order valence-electron chi connectivity index (χ4n) is 2.62. The summed E-state index contributed by atoms with van der Waals surface area (Å²) in [5.74, 6) is 1.30. The lowest BCUT2D eigenvalue weighted by molar-refractivity contribution is 0.472. The summed E-state index contributed by atoms with van der Waals surface area (Å²) in [5, 5.41) is 19.7. The Labute approximate surface area is 128 Å². The number of halogens is 1. The summed E-state index contributed by atoms with van der Waals surface area (Å²) in [6.45, 7) is 2.17. The molecule has 2 aromatic rings. The maximum absolute atomic E-state index is 9.42. The van der Waals surface area contributed by atoms with E-state index >= 15 is 0 Å². The van der Waals surface area contributed by atoms with E-state index in [1.54, 1.807) is 24.3 Å². The van der Waals surface area contributed by atoms with Gasteiger partial charge in [-0.15, -0.1) is 0 Å². The van der Waals surface area contributed by atoms with Gasteiger partial charge in [0.1, 0.15) is 11.5 Å². The first-order valence-electron chi connectivity index (χ1n) is 6.79. The van der Waals surface area contributed by atoms with Crippen molar-refractivity contribution in [2.75, 3.05) is 5.33 Å². The fraction of sp³-hybridized carbons (Fsp3) is 0.294. The van der Waals surface area contributed by atoms with E-state index in [1.165, 1.54) is 11.1 Å². The summed E-state index contributed by atoms with van der Waals surface area (Å²) in [6.07, 6.45) is 1.02. The summed E-state index contributed by atoms with van der Waals surface area (Å²) in [4.78, 5) is 0. The van der Waals surface area contributed by atoms with Gasteiger partial charge in [-0.25, -0.2) is 0 Å². The van der Waals surface area contributed by atoms with Crippen molar-refractivity contribution in [3.8, 4) is 11.5 Å². The maximum atomic E-state index is 9.42. The van der Waals surface area contributed by atoms with Gasteiger partial charge < -0.3 is 10.2 Å². The van der Waals surface area contributed by atoms with Crippen LogP contribution in [0.5, 0.6) is 11.5 Å². The van der Waals surface area contributed by atoms with E-state index in [0.29, 0.717) is 23.3 Å². The normalized spacial score (nSPS) is 13.9. The molecule has 0 fully saturated rings. The molecule has 0 bridgehead atoms. The van der Waals surface area contributed by atoms with Crippen molar-refractivity contribution in [1.29, 1.82) is 0 Å². The molecule has 0 saturated heterocycles. The molecule has 2 nitrogen and oxygen atoms in total. The van der Waals surface area contributed by atoms with Gasteiger partial charge in [-0.2, -0.15) is 0 Å². The first kappa shape index (κ1) is 14.9. The van der Waals surface area contributed by atoms with E-state index in [1.807, 2.05) is 24.3 Å². The molecule has 2 atom stereocenters. The maximum Gasteiger partial charge on any atom is 0.115 e. The Balaban J connectivity index is 2.32. The Hall–Kier alpha value is -1.48. The zero-order chi connectivity index (χ0) is 14.5. The fourth-order valence-corrected chi connectivity index (χ4v) is 3.45. The average molecular weight is 335 g/mol. The zero-order valence-corrected chi connectivity index (χ0v) is 13.0. The largest absolute Gasteiger partial charge is 0.508 e. The van der Waals surface area contributed by atoms with Crippen LogP contribution in [0.2, 0.25) is 0 Å². The van der Waals surface area contributed by atoms with Crippen LogP contribution < -0.4 is 0 Å². The lowest BCUT2D eigenvalue weighted by Gasteiger charge is -2.25. The monoisotopic (exact) mass is 334 g/mol. The molecule has 0 spiro atoms. The van der Waals surface area contributed by atoms with Gasteiger partial charge in [0, 0.05) is 11.2 Å². The first-order valence-corrected chi connectivity index (χ1v) is 7.91. The van der Waals surface area contributed by atoms with Crippen LogP contribution in [0.1, 0.15) is 36.3 Å². The third-order valence-corrected chi connectivity index (χ3v) is 4.43. The molecule has 0 aromatic heterocycles. The van der Waals surface area contributed by atoms with Crippen molar-refractivity contribution in [3.63, 3.8) is 0 Å². The van der Waals surface area contributed by atoms with E-state index in [2.05, 4.69) is 22.9 Å². The van der Waals surface area contributed by atoms with E-state index in [9.17, 15) is 10.2 Å². The van der Waals surface area contributed by atoms with E-state index < -0.39 is 0 Å². The van der Waals surface area contributed by atoms with Crippen LogP contribution in [0, 0.1) is 0 Å². The van der Waals surface area contributed by atoms with Crippen molar-refractivity contribution in [2.45, 2.75) is 25.2 Å². The van der Waals surface area contributed by atoms with Crippen LogP contribution in [0.25, 0.3) is 0 Å². The lowest BCUT2D eigenvalue weighted by atomic mass is 9.81. The van der Waals surface area contributed by atoms with Crippen LogP contribution in [-0.4, -0.2) is 15.5 Å². The standard InChI is InChI=1S/C17H19BrO2/c1-2-16(12-3-7-14(19)8-4-12)17(11-18)13-5-9-15(20)10-6-13/h3-10,16-17,19-20H,2,11H2,1H3/t16-,17+/m1/s1. The molecule has 3 heteroatoms. The zero-order valence-electron chi connectivity index (χ0n) is 11.5. The molecule has 106 valence electrons. The predicted octanol–water partition coefficient (Wildman–Crippen LogP) is 4.77. The number of hydrogen-bond acceptors (Lipinski definition) is 2. The summed E-state index contributed by atoms with van der Waals surface area (Å²) in [7, 11) is 0. The lowest BCUT2D eigenvalue weighted by Crippen LogP contribution is -2.12. The molecule has 0 saturated carbocycles. The molecule has 20 heavy (non-hydrogen) atoms. The summed E-state index contributed by atoms with van der Waals surface area (Å²) < 4.78 is 0. The third-order valence-electron chi connectivity index (χ3n) is 3.73. The molecule has 0 aliphatic rings. The molecule has 0 heterocycles. The Bertz CT molecular complexity index is 482. The highest BCUT2D eigenvalue weighted by atomic mass is 79.9. The number of rotatable bonds is 5. The highest BCUT2D eigenvalue weighted by Gasteiger charge is 2.22. The second-order valence-electron chi connectivity index (χ2n) is 4.96. The molecule has 0 unspecified atom stereocenters. The van der Waals surface area contributed by atoms with Crippen molar-refractivity contribution >= 4 is 15.9 Å². The molecule has 2 N–H and O–H groups in total. The molecule has 0 aliphatic heterocycles. The molecular weight excluding hydrogens is 316 g/mol. The summed E-state index contributed by atoms with van der Waals surface area (Å²) in [5.41, 5.74) is 2.43. The highest BCUT2D eigenvalue weighted by molar-refractivity contribution is 9.09. The van der Waals surface area contributed by atoms with Gasteiger partial charge in [-0.3, -0.25) is 0 Å². The van der Waals surface area contributed by atoms with Gasteiger partial charge in [-0.1, -0.05) is 47.1 Å². The summed E-state index contributed by atoms with van der Waals surface area (Å²) >= 11 is 3.61. The van der Waals surface area contributed by atoms with Crippen molar-refractivity contribution < 1.29 is 10.2 Å². The minimum atomic E-state index is 0.291. The number of hydrogen-bond donors (Lipinski definition) is 2. The topological polar surface area (TPSA) is 40.5 Å². The molecule has 2 rings (SSSR count). The second-order valence-corrected chi connectivity index (χ2v) is 5.61. The number of phenolic OH excluding ortho intramolecular Hbond substituents is 2. The predicted molar refractivity (Wildman–Crippen MR) is 85.8 cm³/mol.